The molecule has 1 amide bonds. The third-order valence-corrected chi connectivity index (χ3v) is 10.7. The number of hydrogen-bond acceptors (Lipinski definition) is 9. The lowest BCUT2D eigenvalue weighted by molar-refractivity contribution is -0.157. The summed E-state index contributed by atoms with van der Waals surface area (Å²) >= 11 is 2.15. The van der Waals surface area contributed by atoms with Crippen LogP contribution in [-0.2, 0) is 20.7 Å². The smallest absolute Gasteiger partial charge is 0.373 e. The first kappa shape index (κ1) is 33.9. The lowest BCUT2D eigenvalue weighted by atomic mass is 9.73. The first-order valence-corrected chi connectivity index (χ1v) is 17.1. The first-order valence-electron chi connectivity index (χ1n) is 15.2. The van der Waals surface area contributed by atoms with Crippen molar-refractivity contribution < 1.29 is 34.1 Å². The molecule has 0 aromatic heterocycles. The van der Waals surface area contributed by atoms with E-state index in [1.54, 1.807) is 13.0 Å². The van der Waals surface area contributed by atoms with E-state index in [4.69, 9.17) is 9.47 Å². The van der Waals surface area contributed by atoms with Crippen molar-refractivity contribution in [1.82, 2.24) is 4.90 Å². The van der Waals surface area contributed by atoms with Crippen molar-refractivity contribution in [1.29, 1.82) is 0 Å². The number of carbonyl (C=O) groups excluding carboxylic acids is 3. The van der Waals surface area contributed by atoms with Gasteiger partial charge in [-0.3, -0.25) is 9.69 Å². The number of β-lactam (4-membered cyclic amide) rings is 1. The van der Waals surface area contributed by atoms with Gasteiger partial charge in [-0.2, -0.15) is 0 Å². The van der Waals surface area contributed by atoms with Gasteiger partial charge in [-0.05, 0) is 81.8 Å². The topological polar surface area (TPSA) is 113 Å². The quantitative estimate of drug-likeness (QED) is 0.0997. The molecule has 8 nitrogen and oxygen atoms in total. The van der Waals surface area contributed by atoms with Crippen molar-refractivity contribution in [2.45, 2.75) is 83.6 Å². The molecule has 1 saturated heterocycles. The summed E-state index contributed by atoms with van der Waals surface area (Å²) in [6.07, 6.45) is 8.34. The number of thioether (sulfide) groups is 2. The van der Waals surface area contributed by atoms with Crippen LogP contribution in [0.2, 0.25) is 0 Å². The van der Waals surface area contributed by atoms with Gasteiger partial charge in [-0.15, -0.1) is 11.8 Å². The highest BCUT2D eigenvalue weighted by atomic mass is 32.2. The monoisotopic (exact) mass is 641 g/mol. The van der Waals surface area contributed by atoms with E-state index in [1.807, 2.05) is 13.0 Å². The Morgan fingerprint density at radius 3 is 2.70 bits per heavy atom. The molecule has 10 heteroatoms. The van der Waals surface area contributed by atoms with Crippen LogP contribution < -0.4 is 4.74 Å². The van der Waals surface area contributed by atoms with Crippen LogP contribution in [0, 0.1) is 11.8 Å². The van der Waals surface area contributed by atoms with Crippen molar-refractivity contribution in [3.05, 3.63) is 70.3 Å². The van der Waals surface area contributed by atoms with Crippen LogP contribution in [0.25, 0.3) is 0 Å². The molecule has 44 heavy (non-hydrogen) atoms. The standard InChI is InChI=1S/C34H43NO7S2/c1-7-9-10-11-22-16-25(37)29(24-15-20(5)12-13-23(24)19(3)4)26(17-22)42-34(40)43-18-27-30(33(39)41-14-8-2)35-31(38)28(21(6)36)32(35)44-27/h8,15-17,21,23-24,28,32,36-37H,2-3,7,9-14,18H2,1,4-6H3/t21-,23+,24-,28+,32?/m1/s1. The number of allylic oxidation sites excluding steroid dienone is 3. The zero-order valence-corrected chi connectivity index (χ0v) is 27.6. The minimum absolute atomic E-state index is 0.0247. The summed E-state index contributed by atoms with van der Waals surface area (Å²) in [5.74, 6) is -1.29. The number of aromatic hydroxyl groups is 1. The molecule has 1 aromatic rings. The number of phenols is 1. The van der Waals surface area contributed by atoms with E-state index in [2.05, 4.69) is 33.1 Å². The van der Waals surface area contributed by atoms with Crippen molar-refractivity contribution in [3.63, 3.8) is 0 Å². The average Bonchev–Trinajstić information content (AvgIpc) is 3.28. The molecule has 2 N–H and O–H groups in total. The fourth-order valence-electron chi connectivity index (χ4n) is 6.11. The Kier molecular flexibility index (Phi) is 11.5. The molecule has 5 atom stereocenters. The molecule has 1 unspecified atom stereocenters. The van der Waals surface area contributed by atoms with Crippen LogP contribution in [0.1, 0.15) is 76.8 Å². The Bertz CT molecular complexity index is 1380. The van der Waals surface area contributed by atoms with E-state index in [-0.39, 0.29) is 41.5 Å². The Labute approximate surface area is 268 Å². The number of esters is 1. The van der Waals surface area contributed by atoms with E-state index < -0.39 is 28.7 Å². The Balaban J connectivity index is 1.60. The summed E-state index contributed by atoms with van der Waals surface area (Å²) in [6.45, 7) is 15.5. The third kappa shape index (κ3) is 7.29. The van der Waals surface area contributed by atoms with Gasteiger partial charge >= 0.3 is 11.3 Å². The van der Waals surface area contributed by atoms with Crippen molar-refractivity contribution in [3.8, 4) is 11.5 Å². The first-order chi connectivity index (χ1) is 21.0. The second kappa shape index (κ2) is 14.9. The zero-order valence-electron chi connectivity index (χ0n) is 26.0. The highest BCUT2D eigenvalue weighted by Gasteiger charge is 2.57. The summed E-state index contributed by atoms with van der Waals surface area (Å²) in [6, 6.07) is 3.64. The SMILES string of the molecule is C=CCOC(=O)C1=C(CSC(=O)Oc2cc(CCCCC)cc(O)c2[C@@H]2C=C(C)CC[C@H]2C(=C)C)SC2[C@@H]([C@@H](C)O)C(=O)N12. The van der Waals surface area contributed by atoms with E-state index in [0.29, 0.717) is 16.2 Å². The summed E-state index contributed by atoms with van der Waals surface area (Å²) in [5.41, 5.74) is 3.77. The molecule has 0 saturated carbocycles. The number of carbonyl (C=O) groups is 3. The number of aliphatic hydroxyl groups excluding tert-OH is 1. The summed E-state index contributed by atoms with van der Waals surface area (Å²) in [5, 5.41) is 20.4. The lowest BCUT2D eigenvalue weighted by Crippen LogP contribution is -2.60. The maximum Gasteiger partial charge on any atom is 0.373 e. The molecule has 1 aromatic carbocycles. The molecule has 0 bridgehead atoms. The number of hydrogen-bond donors (Lipinski definition) is 2. The highest BCUT2D eigenvalue weighted by molar-refractivity contribution is 8.14. The molecule has 4 rings (SSSR count). The molecule has 0 radical (unpaired) electrons. The number of fused-ring (bicyclic) bond motifs is 1. The fourth-order valence-corrected chi connectivity index (χ4v) is 8.48. The van der Waals surface area contributed by atoms with E-state index in [0.717, 1.165) is 61.4 Å². The van der Waals surface area contributed by atoms with Gasteiger partial charge in [0.05, 0.1) is 12.0 Å². The highest BCUT2D eigenvalue weighted by Crippen LogP contribution is 2.52. The van der Waals surface area contributed by atoms with Gasteiger partial charge in [0.1, 0.15) is 29.2 Å². The molecular weight excluding hydrogens is 599 g/mol. The van der Waals surface area contributed by atoms with Gasteiger partial charge in [-0.1, -0.05) is 56.2 Å². The number of aryl methyl sites for hydroxylation is 1. The van der Waals surface area contributed by atoms with Crippen LogP contribution in [0.5, 0.6) is 11.5 Å². The van der Waals surface area contributed by atoms with Crippen molar-refractivity contribution >= 4 is 40.7 Å². The van der Waals surface area contributed by atoms with E-state index in [1.165, 1.54) is 28.3 Å². The summed E-state index contributed by atoms with van der Waals surface area (Å²) in [7, 11) is 0. The fraction of sp³-hybridized carbons (Fsp3) is 0.500. The number of rotatable bonds is 13. The molecule has 2 heterocycles. The van der Waals surface area contributed by atoms with Crippen LogP contribution in [0.15, 0.2) is 59.2 Å². The second-order valence-corrected chi connectivity index (χ2v) is 13.9. The molecule has 2 aliphatic heterocycles. The number of benzene rings is 1. The Morgan fingerprint density at radius 2 is 2.05 bits per heavy atom. The van der Waals surface area contributed by atoms with Gasteiger partial charge in [0.2, 0.25) is 5.91 Å². The number of amides is 1. The van der Waals surface area contributed by atoms with Gasteiger partial charge in [-0.25, -0.2) is 9.59 Å². The number of phenolic OH excluding ortho intramolecular Hbond substituents is 1. The predicted octanol–water partition coefficient (Wildman–Crippen LogP) is 7.23. The maximum absolute atomic E-state index is 13.4. The molecule has 238 valence electrons. The summed E-state index contributed by atoms with van der Waals surface area (Å²) in [4.78, 5) is 40.9. The number of nitrogens with zero attached hydrogens (tertiary/aromatic N) is 1. The van der Waals surface area contributed by atoms with Crippen LogP contribution in [0.3, 0.4) is 0 Å². The van der Waals surface area contributed by atoms with Gasteiger partial charge in [0.15, 0.2) is 0 Å². The summed E-state index contributed by atoms with van der Waals surface area (Å²) < 4.78 is 11.2. The lowest BCUT2D eigenvalue weighted by Gasteiger charge is -2.43. The third-order valence-electron chi connectivity index (χ3n) is 8.37. The molecule has 1 aliphatic carbocycles. The van der Waals surface area contributed by atoms with Gasteiger partial charge < -0.3 is 19.7 Å². The molecule has 1 fully saturated rings. The maximum atomic E-state index is 13.4. The second-order valence-electron chi connectivity index (χ2n) is 11.8. The molecule has 0 spiro atoms. The largest absolute Gasteiger partial charge is 0.507 e. The van der Waals surface area contributed by atoms with Crippen LogP contribution in [0.4, 0.5) is 4.79 Å². The number of unbranched alkanes of at least 4 members (excludes halogenated alkanes) is 2. The van der Waals surface area contributed by atoms with E-state index in [9.17, 15) is 24.6 Å². The van der Waals surface area contributed by atoms with E-state index >= 15 is 0 Å². The zero-order chi connectivity index (χ0) is 32.1. The minimum atomic E-state index is -0.880. The van der Waals surface area contributed by atoms with Crippen LogP contribution in [-0.4, -0.2) is 56.1 Å². The Hall–Kier alpha value is -2.95. The van der Waals surface area contributed by atoms with Crippen LogP contribution >= 0.6 is 23.5 Å². The van der Waals surface area contributed by atoms with Gasteiger partial charge in [0.25, 0.3) is 0 Å². The average molecular weight is 642 g/mol. The number of ether oxygens (including phenoxy) is 2. The predicted molar refractivity (Wildman–Crippen MR) is 175 cm³/mol. The molecular formula is C34H43NO7S2. The van der Waals surface area contributed by atoms with Crippen molar-refractivity contribution in [2.75, 3.05) is 12.4 Å². The van der Waals surface area contributed by atoms with Gasteiger partial charge in [0, 0.05) is 22.1 Å². The number of aliphatic hydroxyl groups is 1. The van der Waals surface area contributed by atoms with Crippen molar-refractivity contribution in [2.24, 2.45) is 11.8 Å². The molecule has 3 aliphatic rings. The Morgan fingerprint density at radius 1 is 1.30 bits per heavy atom. The minimum Gasteiger partial charge on any atom is -0.507 e. The normalized spacial score (nSPS) is 23.4.